The molecular weight excluding hydrogens is 438 g/mol. The second-order valence-corrected chi connectivity index (χ2v) is 9.85. The maximum atomic E-state index is 11.8. The van der Waals surface area contributed by atoms with Crippen LogP contribution in [0.15, 0.2) is 54.9 Å². The van der Waals surface area contributed by atoms with E-state index in [2.05, 4.69) is 34.6 Å². The van der Waals surface area contributed by atoms with Gasteiger partial charge in [-0.2, -0.15) is 0 Å². The minimum absolute atomic E-state index is 0.171. The molecule has 0 amide bonds. The van der Waals surface area contributed by atoms with Crippen LogP contribution in [-0.4, -0.2) is 27.1 Å². The molecule has 2 aromatic heterocycles. The number of nitrogens with zero attached hydrogens (tertiary/aromatic N) is 2. The molecule has 3 aromatic rings. The zero-order valence-corrected chi connectivity index (χ0v) is 20.5. The molecule has 2 N–H and O–H groups in total. The Hall–Kier alpha value is -3.25. The van der Waals surface area contributed by atoms with Gasteiger partial charge in [0.2, 0.25) is 0 Å². The fourth-order valence-electron chi connectivity index (χ4n) is 4.73. The third-order valence-electron chi connectivity index (χ3n) is 7.13. The summed E-state index contributed by atoms with van der Waals surface area (Å²) in [7, 11) is 0. The van der Waals surface area contributed by atoms with Gasteiger partial charge in [-0.1, -0.05) is 37.6 Å². The highest BCUT2D eigenvalue weighted by Crippen LogP contribution is 2.50. The Kier molecular flexibility index (Phi) is 6.56. The van der Waals surface area contributed by atoms with Crippen molar-refractivity contribution in [1.29, 1.82) is 0 Å². The van der Waals surface area contributed by atoms with Crippen LogP contribution in [-0.2, 0) is 16.9 Å². The standard InChI is InChI=1S/C29H33N3O3/c1-3-6-23(28(33)34)25-12-9-19(2)26(32-25)18-31-29(14-15-29)24-17-30-16-13-21(24)22-7-4-5-8-27(22)35-20-10-11-20/h4-5,7-9,12-13,16-17,20,23,31H,3,6,10-11,14-15,18H2,1-2H3,(H,33,34). The number of carboxylic acids is 1. The van der Waals surface area contributed by atoms with E-state index in [1.165, 1.54) is 5.56 Å². The quantitative estimate of drug-likeness (QED) is 0.371. The first kappa shape index (κ1) is 23.5. The number of ether oxygens (including phenoxy) is 1. The number of aryl methyl sites for hydroxylation is 1. The predicted octanol–water partition coefficient (Wildman–Crippen LogP) is 5.74. The molecule has 6 heteroatoms. The molecule has 2 heterocycles. The molecule has 1 atom stereocenters. The van der Waals surface area contributed by atoms with Gasteiger partial charge in [0, 0.05) is 30.0 Å². The van der Waals surface area contributed by atoms with Gasteiger partial charge >= 0.3 is 5.97 Å². The van der Waals surface area contributed by atoms with Gasteiger partial charge in [-0.05, 0) is 73.9 Å². The summed E-state index contributed by atoms with van der Waals surface area (Å²) in [4.78, 5) is 21.1. The summed E-state index contributed by atoms with van der Waals surface area (Å²) < 4.78 is 6.22. The first-order valence-electron chi connectivity index (χ1n) is 12.7. The summed E-state index contributed by atoms with van der Waals surface area (Å²) in [6, 6.07) is 14.2. The molecule has 2 fully saturated rings. The number of hydrogen-bond acceptors (Lipinski definition) is 5. The van der Waals surface area contributed by atoms with Crippen LogP contribution in [0.4, 0.5) is 0 Å². The van der Waals surface area contributed by atoms with Crippen LogP contribution < -0.4 is 10.1 Å². The number of carboxylic acid groups (broad SMARTS) is 1. The molecule has 1 aromatic carbocycles. The predicted molar refractivity (Wildman–Crippen MR) is 135 cm³/mol. The van der Waals surface area contributed by atoms with E-state index in [1.807, 2.05) is 44.4 Å². The molecule has 2 aliphatic carbocycles. The van der Waals surface area contributed by atoms with Crippen LogP contribution in [0.1, 0.15) is 73.9 Å². The SMILES string of the molecule is CCCC(C(=O)O)c1ccc(C)c(CNC2(c3cnccc3-c3ccccc3OC3CC3)CC2)n1. The lowest BCUT2D eigenvalue weighted by molar-refractivity contribution is -0.139. The number of para-hydroxylation sites is 1. The molecule has 0 radical (unpaired) electrons. The summed E-state index contributed by atoms with van der Waals surface area (Å²) in [5.74, 6) is -0.450. The zero-order chi connectivity index (χ0) is 24.4. The van der Waals surface area contributed by atoms with Gasteiger partial charge in [-0.3, -0.25) is 14.8 Å². The van der Waals surface area contributed by atoms with E-state index in [4.69, 9.17) is 9.72 Å². The lowest BCUT2D eigenvalue weighted by Crippen LogP contribution is -2.30. The topological polar surface area (TPSA) is 84.3 Å². The number of aliphatic carboxylic acids is 1. The average Bonchev–Trinajstić information content (AvgIpc) is 3.80. The summed E-state index contributed by atoms with van der Waals surface area (Å²) >= 11 is 0. The van der Waals surface area contributed by atoms with Crippen molar-refractivity contribution in [2.75, 3.05) is 0 Å². The normalized spacial score (nSPS) is 17.1. The Morgan fingerprint density at radius 3 is 2.69 bits per heavy atom. The Morgan fingerprint density at radius 1 is 1.17 bits per heavy atom. The van der Waals surface area contributed by atoms with Gasteiger partial charge in [0.25, 0.3) is 0 Å². The summed E-state index contributed by atoms with van der Waals surface area (Å²) in [5.41, 5.74) is 5.86. The van der Waals surface area contributed by atoms with Crippen molar-refractivity contribution in [3.63, 3.8) is 0 Å². The zero-order valence-electron chi connectivity index (χ0n) is 20.5. The number of nitrogens with one attached hydrogen (secondary N) is 1. The maximum Gasteiger partial charge on any atom is 0.312 e. The molecule has 1 unspecified atom stereocenters. The number of pyridine rings is 2. The summed E-state index contributed by atoms with van der Waals surface area (Å²) in [5, 5.41) is 13.4. The molecule has 0 bridgehead atoms. The van der Waals surface area contributed by atoms with E-state index in [1.54, 1.807) is 0 Å². The van der Waals surface area contributed by atoms with Crippen LogP contribution in [0, 0.1) is 6.92 Å². The second kappa shape index (κ2) is 9.78. The van der Waals surface area contributed by atoms with Gasteiger partial charge < -0.3 is 15.2 Å². The van der Waals surface area contributed by atoms with E-state index in [0.717, 1.165) is 60.2 Å². The number of benzene rings is 1. The Morgan fingerprint density at radius 2 is 1.97 bits per heavy atom. The number of aromatic nitrogens is 2. The van der Waals surface area contributed by atoms with Crippen LogP contribution in [0.5, 0.6) is 5.75 Å². The largest absolute Gasteiger partial charge is 0.490 e. The van der Waals surface area contributed by atoms with Crippen LogP contribution in [0.25, 0.3) is 11.1 Å². The third-order valence-corrected chi connectivity index (χ3v) is 7.13. The molecular formula is C29H33N3O3. The highest BCUT2D eigenvalue weighted by Gasteiger charge is 2.46. The van der Waals surface area contributed by atoms with Gasteiger partial charge in [0.15, 0.2) is 0 Å². The summed E-state index contributed by atoms with van der Waals surface area (Å²) in [6.45, 7) is 4.61. The monoisotopic (exact) mass is 471 g/mol. The van der Waals surface area contributed by atoms with Crippen molar-refractivity contribution >= 4 is 5.97 Å². The van der Waals surface area contributed by atoms with Gasteiger partial charge in [-0.15, -0.1) is 0 Å². The fraction of sp³-hybridized carbons (Fsp3) is 0.414. The smallest absolute Gasteiger partial charge is 0.312 e. The summed E-state index contributed by atoms with van der Waals surface area (Å²) in [6.07, 6.45) is 9.82. The van der Waals surface area contributed by atoms with Crippen molar-refractivity contribution in [2.24, 2.45) is 0 Å². The Bertz CT molecular complexity index is 1220. The first-order valence-corrected chi connectivity index (χ1v) is 12.7. The van der Waals surface area contributed by atoms with Crippen molar-refractivity contribution in [2.45, 2.75) is 76.5 Å². The minimum Gasteiger partial charge on any atom is -0.490 e. The average molecular weight is 472 g/mol. The van der Waals surface area contributed by atoms with E-state index in [9.17, 15) is 9.90 Å². The van der Waals surface area contributed by atoms with Crippen molar-refractivity contribution in [1.82, 2.24) is 15.3 Å². The lowest BCUT2D eigenvalue weighted by Gasteiger charge is -2.23. The fourth-order valence-corrected chi connectivity index (χ4v) is 4.73. The molecule has 182 valence electrons. The van der Waals surface area contributed by atoms with Crippen molar-refractivity contribution in [3.8, 4) is 16.9 Å². The van der Waals surface area contributed by atoms with Crippen molar-refractivity contribution < 1.29 is 14.6 Å². The molecule has 0 saturated heterocycles. The Balaban J connectivity index is 1.41. The van der Waals surface area contributed by atoms with Crippen LogP contribution in [0.3, 0.4) is 0 Å². The van der Waals surface area contributed by atoms with E-state index in [-0.39, 0.29) is 5.54 Å². The highest BCUT2D eigenvalue weighted by atomic mass is 16.5. The number of carbonyl (C=O) groups is 1. The van der Waals surface area contributed by atoms with Crippen molar-refractivity contribution in [3.05, 3.63) is 77.4 Å². The van der Waals surface area contributed by atoms with E-state index in [0.29, 0.717) is 24.8 Å². The van der Waals surface area contributed by atoms with E-state index >= 15 is 0 Å². The van der Waals surface area contributed by atoms with E-state index < -0.39 is 11.9 Å². The number of hydrogen-bond donors (Lipinski definition) is 2. The van der Waals surface area contributed by atoms with Crippen LogP contribution in [0.2, 0.25) is 0 Å². The molecule has 0 spiro atoms. The number of rotatable bonds is 11. The Labute approximate surface area is 206 Å². The molecule has 2 aliphatic rings. The van der Waals surface area contributed by atoms with Gasteiger partial charge in [-0.25, -0.2) is 0 Å². The molecule has 0 aliphatic heterocycles. The second-order valence-electron chi connectivity index (χ2n) is 9.85. The highest BCUT2D eigenvalue weighted by molar-refractivity contribution is 5.75. The van der Waals surface area contributed by atoms with Gasteiger partial charge in [0.05, 0.1) is 23.4 Å². The third kappa shape index (κ3) is 5.08. The van der Waals surface area contributed by atoms with Gasteiger partial charge in [0.1, 0.15) is 5.75 Å². The molecule has 5 rings (SSSR count). The lowest BCUT2D eigenvalue weighted by atomic mass is 9.94. The molecule has 35 heavy (non-hydrogen) atoms. The maximum absolute atomic E-state index is 11.8. The van der Waals surface area contributed by atoms with Crippen LogP contribution >= 0.6 is 0 Å². The minimum atomic E-state index is -0.812. The first-order chi connectivity index (χ1) is 17.0. The molecule has 6 nitrogen and oxygen atoms in total. The molecule has 2 saturated carbocycles.